The molecule has 2 aromatic rings. The van der Waals surface area contributed by atoms with Gasteiger partial charge in [-0.2, -0.15) is 0 Å². The van der Waals surface area contributed by atoms with Crippen molar-refractivity contribution in [3.8, 4) is 5.75 Å². The van der Waals surface area contributed by atoms with Crippen LogP contribution in [0.15, 0.2) is 59.7 Å². The van der Waals surface area contributed by atoms with E-state index in [1.807, 2.05) is 6.92 Å². The fourth-order valence-corrected chi connectivity index (χ4v) is 3.02. The molecule has 0 aliphatic carbocycles. The second-order valence-electron chi connectivity index (χ2n) is 5.94. The zero-order valence-electron chi connectivity index (χ0n) is 15.0. The molecule has 3 rings (SSSR count). The molecule has 0 saturated carbocycles. The maximum Gasteiger partial charge on any atom is 0.290 e. The number of hydrogen-bond donors (Lipinski definition) is 0. The molecule has 7 nitrogen and oxygen atoms in total. The minimum absolute atomic E-state index is 0.0909. The zero-order chi connectivity index (χ0) is 19.4. The molecular formula is C20H20N2O5. The summed E-state index contributed by atoms with van der Waals surface area (Å²) < 4.78 is 10.5. The van der Waals surface area contributed by atoms with Crippen LogP contribution < -0.4 is 9.64 Å². The number of carbonyl (C=O) groups excluding carboxylic acids is 3. The lowest BCUT2D eigenvalue weighted by atomic mass is 10.2. The van der Waals surface area contributed by atoms with E-state index in [1.54, 1.807) is 30.3 Å². The third kappa shape index (κ3) is 3.62. The van der Waals surface area contributed by atoms with Crippen molar-refractivity contribution in [1.82, 2.24) is 4.90 Å². The number of benzene rings is 1. The van der Waals surface area contributed by atoms with Gasteiger partial charge in [0.15, 0.2) is 5.76 Å². The van der Waals surface area contributed by atoms with E-state index in [1.165, 1.54) is 23.3 Å². The molecule has 1 aromatic carbocycles. The molecule has 0 bridgehead atoms. The second kappa shape index (κ2) is 7.90. The summed E-state index contributed by atoms with van der Waals surface area (Å²) in [4.78, 5) is 40.5. The molecule has 0 N–H and O–H groups in total. The first-order valence-corrected chi connectivity index (χ1v) is 8.61. The number of ether oxygens (including phenoxy) is 1. The van der Waals surface area contributed by atoms with Crippen molar-refractivity contribution in [2.45, 2.75) is 19.4 Å². The first kappa shape index (κ1) is 18.4. The third-order valence-corrected chi connectivity index (χ3v) is 4.22. The number of amides is 3. The molecule has 3 amide bonds. The van der Waals surface area contributed by atoms with Gasteiger partial charge in [-0.1, -0.05) is 6.08 Å². The molecule has 2 heterocycles. The summed E-state index contributed by atoms with van der Waals surface area (Å²) in [6.45, 7) is 6.15. The number of hydrogen-bond acceptors (Lipinski definition) is 5. The molecule has 7 heteroatoms. The van der Waals surface area contributed by atoms with Gasteiger partial charge < -0.3 is 14.1 Å². The average Bonchev–Trinajstić information content (AvgIpc) is 3.29. The Kier molecular flexibility index (Phi) is 5.40. The Hall–Kier alpha value is -3.35. The largest absolute Gasteiger partial charge is 0.494 e. The van der Waals surface area contributed by atoms with Crippen molar-refractivity contribution in [2.24, 2.45) is 0 Å². The fraction of sp³-hybridized carbons (Fsp3) is 0.250. The highest BCUT2D eigenvalue weighted by atomic mass is 16.5. The summed E-state index contributed by atoms with van der Waals surface area (Å²) in [6, 6.07) is 8.89. The van der Waals surface area contributed by atoms with Crippen molar-refractivity contribution < 1.29 is 23.5 Å². The summed E-state index contributed by atoms with van der Waals surface area (Å²) in [5, 5.41) is 0. The molecule has 1 aliphatic heterocycles. The Labute approximate surface area is 156 Å². The number of anilines is 1. The Bertz CT molecular complexity index is 842. The van der Waals surface area contributed by atoms with Crippen molar-refractivity contribution in [3.63, 3.8) is 0 Å². The summed E-state index contributed by atoms with van der Waals surface area (Å²) in [7, 11) is 0. The molecule has 27 heavy (non-hydrogen) atoms. The highest BCUT2D eigenvalue weighted by molar-refractivity contribution is 6.23. The topological polar surface area (TPSA) is 80.1 Å². The maximum atomic E-state index is 12.9. The van der Waals surface area contributed by atoms with E-state index in [2.05, 4.69) is 6.58 Å². The van der Waals surface area contributed by atoms with Gasteiger partial charge >= 0.3 is 0 Å². The average molecular weight is 368 g/mol. The molecule has 0 spiro atoms. The van der Waals surface area contributed by atoms with Crippen molar-refractivity contribution in [3.05, 3.63) is 61.1 Å². The van der Waals surface area contributed by atoms with Gasteiger partial charge in [0.05, 0.1) is 25.0 Å². The van der Waals surface area contributed by atoms with Gasteiger partial charge in [-0.25, -0.2) is 4.90 Å². The van der Waals surface area contributed by atoms with Crippen LogP contribution in [-0.2, 0) is 9.59 Å². The first-order valence-electron chi connectivity index (χ1n) is 8.61. The standard InChI is InChI=1S/C20H20N2O5/c1-3-11-21(20(25)17-6-5-12-27-17)16-13-18(23)22(19(16)24)14-7-9-15(10-8-14)26-4-2/h3,5-10,12,16H,1,4,11,13H2,2H3. The molecule has 1 aromatic heterocycles. The van der Waals surface area contributed by atoms with E-state index in [9.17, 15) is 14.4 Å². The van der Waals surface area contributed by atoms with Crippen molar-refractivity contribution in [2.75, 3.05) is 18.1 Å². The molecule has 0 radical (unpaired) electrons. The Balaban J connectivity index is 1.85. The molecule has 140 valence electrons. The molecule has 1 atom stereocenters. The van der Waals surface area contributed by atoms with Gasteiger partial charge in [0.25, 0.3) is 11.8 Å². The first-order chi connectivity index (χ1) is 13.1. The van der Waals surface area contributed by atoms with E-state index in [0.29, 0.717) is 18.0 Å². The molecule has 1 aliphatic rings. The minimum atomic E-state index is -0.903. The lowest BCUT2D eigenvalue weighted by Gasteiger charge is -2.25. The van der Waals surface area contributed by atoms with Crippen LogP contribution in [0.4, 0.5) is 5.69 Å². The summed E-state index contributed by atoms with van der Waals surface area (Å²) >= 11 is 0. The minimum Gasteiger partial charge on any atom is -0.494 e. The number of nitrogens with zero attached hydrogens (tertiary/aromatic N) is 2. The molecule has 1 saturated heterocycles. The quantitative estimate of drug-likeness (QED) is 0.554. The van der Waals surface area contributed by atoms with Crippen LogP contribution in [0.5, 0.6) is 5.75 Å². The fourth-order valence-electron chi connectivity index (χ4n) is 3.02. The zero-order valence-corrected chi connectivity index (χ0v) is 15.0. The molecule has 1 unspecified atom stereocenters. The Morgan fingerprint density at radius 3 is 2.67 bits per heavy atom. The van der Waals surface area contributed by atoms with E-state index in [0.717, 1.165) is 4.90 Å². The van der Waals surface area contributed by atoms with Gasteiger partial charge in [0, 0.05) is 6.54 Å². The SMILES string of the molecule is C=CCN(C(=O)c1ccco1)C1CC(=O)N(c2ccc(OCC)cc2)C1=O. The summed E-state index contributed by atoms with van der Waals surface area (Å²) in [6.07, 6.45) is 2.80. The highest BCUT2D eigenvalue weighted by Crippen LogP contribution is 2.28. The maximum absolute atomic E-state index is 12.9. The monoisotopic (exact) mass is 368 g/mol. The Morgan fingerprint density at radius 2 is 2.07 bits per heavy atom. The molecule has 1 fully saturated rings. The number of rotatable bonds is 7. The number of imide groups is 1. The van der Waals surface area contributed by atoms with E-state index >= 15 is 0 Å². The lowest BCUT2D eigenvalue weighted by molar-refractivity contribution is -0.122. The summed E-state index contributed by atoms with van der Waals surface area (Å²) in [5.74, 6) is -0.518. The van der Waals surface area contributed by atoms with Gasteiger partial charge in [0.2, 0.25) is 5.91 Å². The smallest absolute Gasteiger partial charge is 0.290 e. The van der Waals surface area contributed by atoms with E-state index in [4.69, 9.17) is 9.15 Å². The van der Waals surface area contributed by atoms with Crippen LogP contribution in [0.25, 0.3) is 0 Å². The molecular weight excluding hydrogens is 348 g/mol. The van der Waals surface area contributed by atoms with Crippen LogP contribution in [0.3, 0.4) is 0 Å². The van der Waals surface area contributed by atoms with Crippen molar-refractivity contribution >= 4 is 23.4 Å². The number of furan rings is 1. The van der Waals surface area contributed by atoms with Crippen LogP contribution in [0, 0.1) is 0 Å². The van der Waals surface area contributed by atoms with E-state index in [-0.39, 0.29) is 24.6 Å². The Morgan fingerprint density at radius 1 is 1.33 bits per heavy atom. The van der Waals surface area contributed by atoms with Gasteiger partial charge in [-0.15, -0.1) is 6.58 Å². The second-order valence-corrected chi connectivity index (χ2v) is 5.94. The van der Waals surface area contributed by atoms with Crippen LogP contribution in [-0.4, -0.2) is 41.8 Å². The highest BCUT2D eigenvalue weighted by Gasteiger charge is 2.44. The predicted molar refractivity (Wildman–Crippen MR) is 98.5 cm³/mol. The van der Waals surface area contributed by atoms with Gasteiger partial charge in [0.1, 0.15) is 11.8 Å². The third-order valence-electron chi connectivity index (χ3n) is 4.22. The number of carbonyl (C=O) groups is 3. The van der Waals surface area contributed by atoms with Crippen molar-refractivity contribution in [1.29, 1.82) is 0 Å². The normalized spacial score (nSPS) is 16.5. The van der Waals surface area contributed by atoms with Gasteiger partial charge in [-0.3, -0.25) is 14.4 Å². The van der Waals surface area contributed by atoms with Crippen LogP contribution >= 0.6 is 0 Å². The summed E-state index contributed by atoms with van der Waals surface area (Å²) in [5.41, 5.74) is 0.444. The van der Waals surface area contributed by atoms with Crippen LogP contribution in [0.2, 0.25) is 0 Å². The van der Waals surface area contributed by atoms with Gasteiger partial charge in [-0.05, 0) is 43.3 Å². The van der Waals surface area contributed by atoms with Crippen LogP contribution in [0.1, 0.15) is 23.9 Å². The predicted octanol–water partition coefficient (Wildman–Crippen LogP) is 2.64. The lowest BCUT2D eigenvalue weighted by Crippen LogP contribution is -2.45. The van der Waals surface area contributed by atoms with E-state index < -0.39 is 17.9 Å².